The van der Waals surface area contributed by atoms with E-state index in [2.05, 4.69) is 15.6 Å². The lowest BCUT2D eigenvalue weighted by Crippen LogP contribution is -2.27. The number of benzene rings is 2. The van der Waals surface area contributed by atoms with Crippen LogP contribution in [-0.4, -0.2) is 28.1 Å². The van der Waals surface area contributed by atoms with E-state index in [0.29, 0.717) is 23.2 Å². The highest BCUT2D eigenvalue weighted by Crippen LogP contribution is 2.21. The molecular formula is C25H25N3O2S2. The van der Waals surface area contributed by atoms with Gasteiger partial charge in [0.05, 0.1) is 22.5 Å². The lowest BCUT2D eigenvalue weighted by atomic mass is 10.2. The second kappa shape index (κ2) is 11.0. The van der Waals surface area contributed by atoms with Gasteiger partial charge in [0.1, 0.15) is 34.7 Å². The highest BCUT2D eigenvalue weighted by atomic mass is 32.1. The van der Waals surface area contributed by atoms with Crippen LogP contribution in [0.3, 0.4) is 0 Å². The minimum Gasteiger partial charge on any atom is -0.487 e. The molecule has 0 atom stereocenters. The first-order chi connectivity index (χ1) is 15.7. The van der Waals surface area contributed by atoms with Gasteiger partial charge in [0.2, 0.25) is 0 Å². The molecule has 1 aromatic heterocycles. The maximum absolute atomic E-state index is 6.07. The van der Waals surface area contributed by atoms with E-state index < -0.39 is 0 Å². The number of rotatable bonds is 0. The van der Waals surface area contributed by atoms with E-state index in [9.17, 15) is 0 Å². The molecule has 32 heavy (non-hydrogen) atoms. The van der Waals surface area contributed by atoms with Crippen molar-refractivity contribution in [2.24, 2.45) is 0 Å². The minimum atomic E-state index is 0.345. The molecule has 2 bridgehead atoms. The van der Waals surface area contributed by atoms with Crippen LogP contribution in [0.25, 0.3) is 0 Å². The summed E-state index contributed by atoms with van der Waals surface area (Å²) >= 11 is 11.2. The Hall–Kier alpha value is -3.03. The normalized spacial score (nSPS) is 15.2. The fourth-order valence-electron chi connectivity index (χ4n) is 3.40. The molecule has 0 amide bonds. The quantitative estimate of drug-likeness (QED) is 0.474. The van der Waals surface area contributed by atoms with Crippen molar-refractivity contribution >= 4 is 34.4 Å². The summed E-state index contributed by atoms with van der Waals surface area (Å²) in [5, 5.41) is 6.68. The maximum atomic E-state index is 6.07. The average Bonchev–Trinajstić information content (AvgIpc) is 2.83. The Morgan fingerprint density at radius 1 is 0.625 bits per heavy atom. The van der Waals surface area contributed by atoms with Crippen LogP contribution in [0.1, 0.15) is 35.4 Å². The molecule has 2 aromatic carbocycles. The number of aromatic nitrogens is 1. The van der Waals surface area contributed by atoms with Gasteiger partial charge in [-0.3, -0.25) is 4.98 Å². The minimum absolute atomic E-state index is 0.345. The molecule has 0 unspecified atom stereocenters. The molecule has 2 heterocycles. The summed E-state index contributed by atoms with van der Waals surface area (Å²) in [5.74, 6) is 1.49. The summed E-state index contributed by atoms with van der Waals surface area (Å²) in [6.45, 7) is 2.26. The third kappa shape index (κ3) is 5.81. The van der Waals surface area contributed by atoms with Crippen LogP contribution in [-0.2, 0) is 13.2 Å². The van der Waals surface area contributed by atoms with Gasteiger partial charge in [0.25, 0.3) is 0 Å². The van der Waals surface area contributed by atoms with Gasteiger partial charge in [-0.25, -0.2) is 0 Å². The zero-order valence-electron chi connectivity index (χ0n) is 17.7. The molecule has 3 aromatic rings. The molecule has 164 valence electrons. The molecular weight excluding hydrogens is 438 g/mol. The van der Waals surface area contributed by atoms with Crippen molar-refractivity contribution in [3.8, 4) is 11.5 Å². The Morgan fingerprint density at radius 3 is 1.59 bits per heavy atom. The van der Waals surface area contributed by atoms with E-state index in [0.717, 1.165) is 59.9 Å². The van der Waals surface area contributed by atoms with Crippen molar-refractivity contribution in [3.63, 3.8) is 0 Å². The summed E-state index contributed by atoms with van der Waals surface area (Å²) in [6.07, 6.45) is 1.93. The van der Waals surface area contributed by atoms with Crippen LogP contribution in [0, 0.1) is 0 Å². The zero-order chi connectivity index (χ0) is 22.2. The fraction of sp³-hybridized carbons (Fsp3) is 0.240. The SMILES string of the molecule is S=C1NCCCCNC(=S)c2ccccc2OCc2cccc(n2)COc2ccccc21. The maximum Gasteiger partial charge on any atom is 0.130 e. The molecule has 4 rings (SSSR count). The van der Waals surface area contributed by atoms with E-state index >= 15 is 0 Å². The fourth-order valence-corrected chi connectivity index (χ4v) is 3.94. The Morgan fingerprint density at radius 2 is 1.09 bits per heavy atom. The van der Waals surface area contributed by atoms with Crippen molar-refractivity contribution in [1.29, 1.82) is 0 Å². The van der Waals surface area contributed by atoms with Crippen LogP contribution in [0.4, 0.5) is 0 Å². The van der Waals surface area contributed by atoms with Gasteiger partial charge in [-0.05, 0) is 49.2 Å². The third-order valence-corrected chi connectivity index (χ3v) is 5.78. The van der Waals surface area contributed by atoms with Crippen molar-refractivity contribution in [2.45, 2.75) is 26.1 Å². The predicted octanol–water partition coefficient (Wildman–Crippen LogP) is 4.56. The van der Waals surface area contributed by atoms with Gasteiger partial charge < -0.3 is 20.1 Å². The average molecular weight is 464 g/mol. The van der Waals surface area contributed by atoms with Gasteiger partial charge in [-0.2, -0.15) is 0 Å². The van der Waals surface area contributed by atoms with Gasteiger partial charge in [0.15, 0.2) is 0 Å². The second-order valence-electron chi connectivity index (χ2n) is 7.41. The van der Waals surface area contributed by atoms with E-state index in [1.165, 1.54) is 0 Å². The first-order valence-electron chi connectivity index (χ1n) is 10.7. The summed E-state index contributed by atoms with van der Waals surface area (Å²) in [5.41, 5.74) is 3.41. The standard InChI is InChI=1S/C25H25N3O2S2/c31-24-20-10-1-3-12-22(20)29-16-18-8-7-9-19(28-18)17-30-23-13-4-2-11-21(23)25(32)27-15-6-5-14-26-24/h1-4,7-13H,5-6,14-17H2,(H,26,31)(H,27,32). The Labute approximate surface area is 199 Å². The lowest BCUT2D eigenvalue weighted by Gasteiger charge is -2.14. The predicted molar refractivity (Wildman–Crippen MR) is 134 cm³/mol. The second-order valence-corrected chi connectivity index (χ2v) is 8.23. The number of hydrogen-bond donors (Lipinski definition) is 2. The number of hydrogen-bond acceptors (Lipinski definition) is 5. The highest BCUT2D eigenvalue weighted by molar-refractivity contribution is 7.81. The molecule has 5 nitrogen and oxygen atoms in total. The molecule has 0 radical (unpaired) electrons. The summed E-state index contributed by atoms with van der Waals surface area (Å²) in [4.78, 5) is 6.06. The van der Waals surface area contributed by atoms with Gasteiger partial charge in [0, 0.05) is 13.1 Å². The van der Waals surface area contributed by atoms with E-state index in [4.69, 9.17) is 33.9 Å². The van der Waals surface area contributed by atoms with Crippen molar-refractivity contribution in [1.82, 2.24) is 15.6 Å². The van der Waals surface area contributed by atoms with Crippen LogP contribution in [0.15, 0.2) is 66.7 Å². The van der Waals surface area contributed by atoms with Crippen molar-refractivity contribution < 1.29 is 9.47 Å². The summed E-state index contributed by atoms with van der Waals surface area (Å²) in [7, 11) is 0. The van der Waals surface area contributed by atoms with Crippen LogP contribution >= 0.6 is 24.4 Å². The van der Waals surface area contributed by atoms with E-state index in [-0.39, 0.29) is 0 Å². The monoisotopic (exact) mass is 463 g/mol. The molecule has 0 saturated heterocycles. The first-order valence-corrected chi connectivity index (χ1v) is 11.5. The molecule has 0 aliphatic carbocycles. The topological polar surface area (TPSA) is 55.4 Å². The van der Waals surface area contributed by atoms with E-state index in [1.54, 1.807) is 0 Å². The van der Waals surface area contributed by atoms with Crippen LogP contribution in [0.5, 0.6) is 11.5 Å². The number of nitrogens with zero attached hydrogens (tertiary/aromatic N) is 1. The molecule has 0 fully saturated rings. The summed E-state index contributed by atoms with van der Waals surface area (Å²) < 4.78 is 12.1. The third-order valence-electron chi connectivity index (χ3n) is 5.05. The van der Waals surface area contributed by atoms with Crippen LogP contribution in [0.2, 0.25) is 0 Å². The lowest BCUT2D eigenvalue weighted by molar-refractivity contribution is 0.289. The molecule has 1 aliphatic rings. The Kier molecular flexibility index (Phi) is 7.64. The number of pyridine rings is 1. The number of thiocarbonyl (C=S) groups is 2. The molecule has 0 saturated carbocycles. The van der Waals surface area contributed by atoms with Crippen molar-refractivity contribution in [3.05, 3.63) is 89.2 Å². The van der Waals surface area contributed by atoms with E-state index in [1.807, 2.05) is 66.7 Å². The zero-order valence-corrected chi connectivity index (χ0v) is 19.3. The Balaban J connectivity index is 1.57. The van der Waals surface area contributed by atoms with Gasteiger partial charge in [-0.15, -0.1) is 0 Å². The molecule has 1 aliphatic heterocycles. The largest absolute Gasteiger partial charge is 0.487 e. The Bertz CT molecular complexity index is 1020. The van der Waals surface area contributed by atoms with Gasteiger partial charge in [-0.1, -0.05) is 54.8 Å². The highest BCUT2D eigenvalue weighted by Gasteiger charge is 2.11. The molecule has 0 spiro atoms. The molecule has 2 N–H and O–H groups in total. The summed E-state index contributed by atoms with van der Waals surface area (Å²) in [6, 6.07) is 21.5. The molecule has 7 heteroatoms. The first kappa shape index (κ1) is 22.2. The number of nitrogens with one attached hydrogen (secondary N) is 2. The smallest absolute Gasteiger partial charge is 0.130 e. The number of ether oxygens (including phenoxy) is 2. The van der Waals surface area contributed by atoms with Crippen molar-refractivity contribution in [2.75, 3.05) is 13.1 Å². The number of fused-ring (bicyclic) bond motifs is 4. The number of para-hydroxylation sites is 2. The van der Waals surface area contributed by atoms with Gasteiger partial charge >= 0.3 is 0 Å². The van der Waals surface area contributed by atoms with Crippen LogP contribution < -0.4 is 20.1 Å².